The van der Waals surface area contributed by atoms with E-state index < -0.39 is 6.10 Å². The second-order valence-corrected chi connectivity index (χ2v) is 4.94. The Kier molecular flexibility index (Phi) is 4.22. The summed E-state index contributed by atoms with van der Waals surface area (Å²) >= 11 is 0. The maximum Gasteiger partial charge on any atom is 0.251 e. The molecule has 2 aromatic rings. The van der Waals surface area contributed by atoms with Gasteiger partial charge in [-0.3, -0.25) is 4.79 Å². The van der Waals surface area contributed by atoms with Gasteiger partial charge in [0.15, 0.2) is 0 Å². The molecule has 1 aromatic carbocycles. The zero-order valence-corrected chi connectivity index (χ0v) is 11.3. The molecule has 0 radical (unpaired) electrons. The summed E-state index contributed by atoms with van der Waals surface area (Å²) in [6.07, 6.45) is 2.24. The minimum atomic E-state index is -0.497. The summed E-state index contributed by atoms with van der Waals surface area (Å²) in [5.41, 5.74) is 1.54. The smallest absolute Gasteiger partial charge is 0.251 e. The van der Waals surface area contributed by atoms with Crippen LogP contribution in [-0.4, -0.2) is 28.6 Å². The Labute approximate surface area is 112 Å². The highest BCUT2D eigenvalue weighted by atomic mass is 16.3. The van der Waals surface area contributed by atoms with Gasteiger partial charge in [0, 0.05) is 23.8 Å². The molecule has 2 rings (SSSR count). The maximum absolute atomic E-state index is 12.0. The molecule has 0 aliphatic carbocycles. The van der Waals surface area contributed by atoms with Gasteiger partial charge in [-0.25, -0.2) is 0 Å². The van der Waals surface area contributed by atoms with Crippen molar-refractivity contribution in [2.24, 2.45) is 5.92 Å². The van der Waals surface area contributed by atoms with Gasteiger partial charge in [-0.1, -0.05) is 26.3 Å². The molecule has 0 saturated heterocycles. The Hall–Kier alpha value is -1.81. The summed E-state index contributed by atoms with van der Waals surface area (Å²) in [6.45, 7) is 4.29. The fourth-order valence-electron chi connectivity index (χ4n) is 1.96. The lowest BCUT2D eigenvalue weighted by molar-refractivity contribution is 0.0850. The molecule has 1 heterocycles. The molecule has 0 aliphatic heterocycles. The number of fused-ring (bicyclic) bond motifs is 1. The van der Waals surface area contributed by atoms with E-state index in [1.807, 2.05) is 38.2 Å². The number of aliphatic hydroxyl groups excluding tert-OH is 1. The molecule has 3 N–H and O–H groups in total. The van der Waals surface area contributed by atoms with Crippen LogP contribution in [0.2, 0.25) is 0 Å². The van der Waals surface area contributed by atoms with Crippen LogP contribution < -0.4 is 5.32 Å². The first-order valence-corrected chi connectivity index (χ1v) is 6.65. The Bertz CT molecular complexity index is 562. The summed E-state index contributed by atoms with van der Waals surface area (Å²) in [7, 11) is 0. The van der Waals surface area contributed by atoms with Crippen LogP contribution in [-0.2, 0) is 0 Å². The van der Waals surface area contributed by atoms with Crippen LogP contribution in [0.1, 0.15) is 30.6 Å². The van der Waals surface area contributed by atoms with E-state index >= 15 is 0 Å². The van der Waals surface area contributed by atoms with Crippen molar-refractivity contribution in [1.82, 2.24) is 10.3 Å². The number of benzene rings is 1. The monoisotopic (exact) mass is 260 g/mol. The number of rotatable bonds is 5. The molecule has 0 spiro atoms. The van der Waals surface area contributed by atoms with Gasteiger partial charge in [0.25, 0.3) is 5.91 Å². The minimum Gasteiger partial charge on any atom is -0.391 e. The van der Waals surface area contributed by atoms with Gasteiger partial charge >= 0.3 is 0 Å². The predicted molar refractivity (Wildman–Crippen MR) is 76.1 cm³/mol. The van der Waals surface area contributed by atoms with Gasteiger partial charge in [-0.15, -0.1) is 0 Å². The molecule has 0 bridgehead atoms. The molecule has 1 amide bonds. The zero-order valence-electron chi connectivity index (χ0n) is 11.3. The Balaban J connectivity index is 1.99. The van der Waals surface area contributed by atoms with Crippen molar-refractivity contribution in [3.63, 3.8) is 0 Å². The van der Waals surface area contributed by atoms with Gasteiger partial charge in [-0.05, 0) is 29.5 Å². The van der Waals surface area contributed by atoms with Crippen molar-refractivity contribution < 1.29 is 9.90 Å². The number of aliphatic hydroxyl groups is 1. The first-order chi connectivity index (χ1) is 9.11. The van der Waals surface area contributed by atoms with Crippen LogP contribution in [0.15, 0.2) is 30.5 Å². The van der Waals surface area contributed by atoms with E-state index in [0.717, 1.165) is 17.3 Å². The topological polar surface area (TPSA) is 65.1 Å². The lowest BCUT2D eigenvalue weighted by atomic mass is 10.0. The summed E-state index contributed by atoms with van der Waals surface area (Å²) in [6, 6.07) is 7.48. The molecule has 2 unspecified atom stereocenters. The second-order valence-electron chi connectivity index (χ2n) is 4.94. The van der Waals surface area contributed by atoms with Crippen molar-refractivity contribution in [2.45, 2.75) is 26.4 Å². The maximum atomic E-state index is 12.0. The molecule has 4 nitrogen and oxygen atoms in total. The molecule has 0 fully saturated rings. The SMILES string of the molecule is CCC(C)C(O)CNC(=O)c1ccc2cc[nH]c2c1. The highest BCUT2D eigenvalue weighted by Gasteiger charge is 2.14. The fourth-order valence-corrected chi connectivity index (χ4v) is 1.96. The van der Waals surface area contributed by atoms with Crippen molar-refractivity contribution in [3.05, 3.63) is 36.0 Å². The summed E-state index contributed by atoms with van der Waals surface area (Å²) in [5, 5.41) is 13.7. The van der Waals surface area contributed by atoms with Crippen LogP contribution >= 0.6 is 0 Å². The lowest BCUT2D eigenvalue weighted by Crippen LogP contribution is -2.35. The Morgan fingerprint density at radius 3 is 2.95 bits per heavy atom. The van der Waals surface area contributed by atoms with E-state index in [1.54, 1.807) is 6.07 Å². The van der Waals surface area contributed by atoms with Crippen LogP contribution in [0.25, 0.3) is 10.9 Å². The number of carbonyl (C=O) groups is 1. The van der Waals surface area contributed by atoms with Crippen molar-refractivity contribution in [1.29, 1.82) is 0 Å². The van der Waals surface area contributed by atoms with E-state index in [0.29, 0.717) is 5.56 Å². The number of amides is 1. The zero-order chi connectivity index (χ0) is 13.8. The molecular weight excluding hydrogens is 240 g/mol. The molecular formula is C15H20N2O2. The average Bonchev–Trinajstić information content (AvgIpc) is 2.90. The van der Waals surface area contributed by atoms with Crippen LogP contribution in [0.4, 0.5) is 0 Å². The number of aromatic amines is 1. The summed E-state index contributed by atoms with van der Waals surface area (Å²) in [5.74, 6) is 0.0324. The Morgan fingerprint density at radius 2 is 2.21 bits per heavy atom. The quantitative estimate of drug-likeness (QED) is 0.772. The van der Waals surface area contributed by atoms with Gasteiger partial charge in [0.05, 0.1) is 6.10 Å². The van der Waals surface area contributed by atoms with Gasteiger partial charge in [0.2, 0.25) is 0 Å². The van der Waals surface area contributed by atoms with Gasteiger partial charge in [-0.2, -0.15) is 0 Å². The number of hydrogen-bond acceptors (Lipinski definition) is 2. The highest BCUT2D eigenvalue weighted by Crippen LogP contribution is 2.14. The number of H-pyrrole nitrogens is 1. The van der Waals surface area contributed by atoms with Crippen LogP contribution in [0.5, 0.6) is 0 Å². The van der Waals surface area contributed by atoms with E-state index in [1.165, 1.54) is 0 Å². The fraction of sp³-hybridized carbons (Fsp3) is 0.400. The van der Waals surface area contributed by atoms with E-state index in [4.69, 9.17) is 0 Å². The van der Waals surface area contributed by atoms with Gasteiger partial charge < -0.3 is 15.4 Å². The van der Waals surface area contributed by atoms with E-state index in [2.05, 4.69) is 10.3 Å². The third-order valence-electron chi connectivity index (χ3n) is 3.59. The summed E-state index contributed by atoms with van der Waals surface area (Å²) in [4.78, 5) is 15.1. The normalized spacial score (nSPS) is 14.3. The number of nitrogens with one attached hydrogen (secondary N) is 2. The van der Waals surface area contributed by atoms with E-state index in [-0.39, 0.29) is 18.4 Å². The summed E-state index contributed by atoms with van der Waals surface area (Å²) < 4.78 is 0. The predicted octanol–water partition coefficient (Wildman–Crippen LogP) is 2.30. The lowest BCUT2D eigenvalue weighted by Gasteiger charge is -2.17. The number of aromatic nitrogens is 1. The van der Waals surface area contributed by atoms with Gasteiger partial charge in [0.1, 0.15) is 0 Å². The standard InChI is InChI=1S/C15H20N2O2/c1-3-10(2)14(18)9-17-15(19)12-5-4-11-6-7-16-13(11)8-12/h4-8,10,14,16,18H,3,9H2,1-2H3,(H,17,19). The molecule has 0 aliphatic rings. The highest BCUT2D eigenvalue weighted by molar-refractivity contribution is 5.97. The third kappa shape index (κ3) is 3.15. The van der Waals surface area contributed by atoms with Crippen molar-refractivity contribution in [3.8, 4) is 0 Å². The third-order valence-corrected chi connectivity index (χ3v) is 3.59. The minimum absolute atomic E-state index is 0.154. The molecule has 19 heavy (non-hydrogen) atoms. The number of carbonyl (C=O) groups excluding carboxylic acids is 1. The average molecular weight is 260 g/mol. The molecule has 4 heteroatoms. The Morgan fingerprint density at radius 1 is 1.42 bits per heavy atom. The van der Waals surface area contributed by atoms with Crippen molar-refractivity contribution in [2.75, 3.05) is 6.54 Å². The largest absolute Gasteiger partial charge is 0.391 e. The molecule has 1 aromatic heterocycles. The van der Waals surface area contributed by atoms with Crippen LogP contribution in [0, 0.1) is 5.92 Å². The molecule has 0 saturated carbocycles. The molecule has 102 valence electrons. The number of hydrogen-bond donors (Lipinski definition) is 3. The second kappa shape index (κ2) is 5.89. The molecule has 2 atom stereocenters. The van der Waals surface area contributed by atoms with Crippen LogP contribution in [0.3, 0.4) is 0 Å². The van der Waals surface area contributed by atoms with Crippen molar-refractivity contribution >= 4 is 16.8 Å². The first-order valence-electron chi connectivity index (χ1n) is 6.65. The first kappa shape index (κ1) is 13.6. The van der Waals surface area contributed by atoms with E-state index in [9.17, 15) is 9.90 Å².